The highest BCUT2D eigenvalue weighted by Gasteiger charge is 2.11. The van der Waals surface area contributed by atoms with Crippen LogP contribution >= 0.6 is 0 Å². The number of anilines is 1. The van der Waals surface area contributed by atoms with Crippen molar-refractivity contribution < 1.29 is 4.79 Å². The summed E-state index contributed by atoms with van der Waals surface area (Å²) in [6, 6.07) is 7.62. The van der Waals surface area contributed by atoms with Crippen LogP contribution in [-0.2, 0) is 4.79 Å². The predicted molar refractivity (Wildman–Crippen MR) is 70.9 cm³/mol. The van der Waals surface area contributed by atoms with Crippen LogP contribution in [0.3, 0.4) is 0 Å². The van der Waals surface area contributed by atoms with Crippen LogP contribution in [-0.4, -0.2) is 22.6 Å². The first-order valence-corrected chi connectivity index (χ1v) is 5.81. The Balaban J connectivity index is 2.16. The molecular formula is C13H16N4O. The molecule has 1 heterocycles. The number of rotatable bonds is 4. The van der Waals surface area contributed by atoms with Crippen LogP contribution in [0.5, 0.6) is 0 Å². The average Bonchev–Trinajstić information content (AvgIpc) is 2.92. The summed E-state index contributed by atoms with van der Waals surface area (Å²) in [7, 11) is 0. The Morgan fingerprint density at radius 1 is 1.50 bits per heavy atom. The number of nitrogens with zero attached hydrogens (tertiary/aromatic N) is 1. The standard InChI is InChI=1S/C13H16N4O/c1-9(6-14)13(18)17-12-4-2-3-10(5-12)11-7-15-16-8-11/h2-5,7-9H,6,14H2,1H3,(H,15,16)(H,17,18). The number of H-pyrrole nitrogens is 1. The van der Waals surface area contributed by atoms with Crippen molar-refractivity contribution in [3.05, 3.63) is 36.7 Å². The normalized spacial score (nSPS) is 12.1. The maximum atomic E-state index is 11.7. The van der Waals surface area contributed by atoms with E-state index < -0.39 is 0 Å². The molecular weight excluding hydrogens is 228 g/mol. The first kappa shape index (κ1) is 12.3. The average molecular weight is 244 g/mol. The lowest BCUT2D eigenvalue weighted by Gasteiger charge is -2.10. The largest absolute Gasteiger partial charge is 0.330 e. The molecule has 5 nitrogen and oxygen atoms in total. The lowest BCUT2D eigenvalue weighted by Crippen LogP contribution is -2.26. The summed E-state index contributed by atoms with van der Waals surface area (Å²) in [5, 5.41) is 9.51. The number of aromatic amines is 1. The predicted octanol–water partition coefficient (Wildman–Crippen LogP) is 1.61. The number of hydrogen-bond donors (Lipinski definition) is 3. The fourth-order valence-electron chi connectivity index (χ4n) is 1.56. The van der Waals surface area contributed by atoms with Gasteiger partial charge in [-0.25, -0.2) is 0 Å². The molecule has 1 aromatic heterocycles. The maximum Gasteiger partial charge on any atom is 0.228 e. The molecule has 2 aromatic rings. The first-order chi connectivity index (χ1) is 8.70. The number of nitrogens with two attached hydrogens (primary N) is 1. The molecule has 18 heavy (non-hydrogen) atoms. The number of nitrogens with one attached hydrogen (secondary N) is 2. The van der Waals surface area contributed by atoms with Crippen molar-refractivity contribution >= 4 is 11.6 Å². The number of aromatic nitrogens is 2. The molecule has 0 fully saturated rings. The van der Waals surface area contributed by atoms with E-state index in [2.05, 4.69) is 15.5 Å². The molecule has 1 aromatic carbocycles. The van der Waals surface area contributed by atoms with E-state index in [1.807, 2.05) is 30.5 Å². The van der Waals surface area contributed by atoms with E-state index in [1.165, 1.54) is 0 Å². The smallest absolute Gasteiger partial charge is 0.228 e. The first-order valence-electron chi connectivity index (χ1n) is 5.81. The fraction of sp³-hybridized carbons (Fsp3) is 0.231. The molecule has 0 aliphatic carbocycles. The van der Waals surface area contributed by atoms with Crippen molar-refractivity contribution in [1.29, 1.82) is 0 Å². The van der Waals surface area contributed by atoms with Crippen molar-refractivity contribution in [2.75, 3.05) is 11.9 Å². The van der Waals surface area contributed by atoms with Gasteiger partial charge in [0, 0.05) is 29.9 Å². The van der Waals surface area contributed by atoms with Gasteiger partial charge >= 0.3 is 0 Å². The summed E-state index contributed by atoms with van der Waals surface area (Å²) in [6.45, 7) is 2.14. The highest BCUT2D eigenvalue weighted by molar-refractivity contribution is 5.93. The quantitative estimate of drug-likeness (QED) is 0.764. The van der Waals surface area contributed by atoms with Crippen molar-refractivity contribution in [3.63, 3.8) is 0 Å². The van der Waals surface area contributed by atoms with Gasteiger partial charge in [0.1, 0.15) is 0 Å². The van der Waals surface area contributed by atoms with E-state index in [1.54, 1.807) is 13.1 Å². The van der Waals surface area contributed by atoms with Crippen LogP contribution in [0.4, 0.5) is 5.69 Å². The van der Waals surface area contributed by atoms with Gasteiger partial charge in [-0.2, -0.15) is 5.10 Å². The lowest BCUT2D eigenvalue weighted by atomic mass is 10.1. The second kappa shape index (κ2) is 5.46. The second-order valence-electron chi connectivity index (χ2n) is 4.19. The van der Waals surface area contributed by atoms with E-state index in [4.69, 9.17) is 5.73 Å². The third kappa shape index (κ3) is 2.75. The monoisotopic (exact) mass is 244 g/mol. The number of hydrogen-bond acceptors (Lipinski definition) is 3. The highest BCUT2D eigenvalue weighted by atomic mass is 16.1. The topological polar surface area (TPSA) is 83.8 Å². The van der Waals surface area contributed by atoms with Crippen molar-refractivity contribution in [3.8, 4) is 11.1 Å². The van der Waals surface area contributed by atoms with Gasteiger partial charge in [-0.3, -0.25) is 9.89 Å². The SMILES string of the molecule is CC(CN)C(=O)Nc1cccc(-c2cn[nH]c2)c1. The summed E-state index contributed by atoms with van der Waals surface area (Å²) < 4.78 is 0. The molecule has 0 spiro atoms. The van der Waals surface area contributed by atoms with Crippen LogP contribution < -0.4 is 11.1 Å². The Bertz CT molecular complexity index is 522. The Labute approximate surface area is 105 Å². The Morgan fingerprint density at radius 2 is 2.33 bits per heavy atom. The molecule has 0 radical (unpaired) electrons. The minimum Gasteiger partial charge on any atom is -0.330 e. The fourth-order valence-corrected chi connectivity index (χ4v) is 1.56. The molecule has 0 bridgehead atoms. The second-order valence-corrected chi connectivity index (χ2v) is 4.19. The van der Waals surface area contributed by atoms with E-state index >= 15 is 0 Å². The van der Waals surface area contributed by atoms with Gasteiger partial charge in [0.15, 0.2) is 0 Å². The van der Waals surface area contributed by atoms with Crippen LogP contribution in [0.1, 0.15) is 6.92 Å². The Morgan fingerprint density at radius 3 is 3.00 bits per heavy atom. The molecule has 94 valence electrons. The molecule has 1 atom stereocenters. The molecule has 0 aliphatic rings. The molecule has 1 unspecified atom stereocenters. The molecule has 0 aliphatic heterocycles. The number of carbonyl (C=O) groups excluding carboxylic acids is 1. The summed E-state index contributed by atoms with van der Waals surface area (Å²) >= 11 is 0. The molecule has 5 heteroatoms. The number of amides is 1. The molecule has 0 saturated heterocycles. The maximum absolute atomic E-state index is 11.7. The molecule has 0 saturated carbocycles. The van der Waals surface area contributed by atoms with Gasteiger partial charge in [-0.15, -0.1) is 0 Å². The van der Waals surface area contributed by atoms with Gasteiger partial charge in [0.25, 0.3) is 0 Å². The minimum atomic E-state index is -0.192. The van der Waals surface area contributed by atoms with E-state index in [0.29, 0.717) is 6.54 Å². The number of benzene rings is 1. The van der Waals surface area contributed by atoms with Crippen molar-refractivity contribution in [1.82, 2.24) is 10.2 Å². The van der Waals surface area contributed by atoms with Gasteiger partial charge in [0.05, 0.1) is 6.20 Å². The van der Waals surface area contributed by atoms with Crippen LogP contribution in [0.25, 0.3) is 11.1 Å². The van der Waals surface area contributed by atoms with Crippen LogP contribution in [0.15, 0.2) is 36.7 Å². The van der Waals surface area contributed by atoms with Crippen molar-refractivity contribution in [2.24, 2.45) is 11.7 Å². The summed E-state index contributed by atoms with van der Waals surface area (Å²) in [5.41, 5.74) is 8.21. The zero-order valence-corrected chi connectivity index (χ0v) is 10.2. The molecule has 1 amide bonds. The minimum absolute atomic E-state index is 0.0677. The lowest BCUT2D eigenvalue weighted by molar-refractivity contribution is -0.119. The van der Waals surface area contributed by atoms with Crippen LogP contribution in [0, 0.1) is 5.92 Å². The van der Waals surface area contributed by atoms with Gasteiger partial charge in [-0.05, 0) is 17.7 Å². The van der Waals surface area contributed by atoms with E-state index in [9.17, 15) is 4.79 Å². The summed E-state index contributed by atoms with van der Waals surface area (Å²) in [6.07, 6.45) is 3.55. The van der Waals surface area contributed by atoms with Crippen LogP contribution in [0.2, 0.25) is 0 Å². The number of carbonyl (C=O) groups is 1. The third-order valence-corrected chi connectivity index (χ3v) is 2.76. The highest BCUT2D eigenvalue weighted by Crippen LogP contribution is 2.21. The van der Waals surface area contributed by atoms with E-state index in [0.717, 1.165) is 16.8 Å². The Kier molecular flexibility index (Phi) is 3.74. The summed E-state index contributed by atoms with van der Waals surface area (Å²) in [5.74, 6) is -0.260. The zero-order valence-electron chi connectivity index (χ0n) is 10.2. The van der Waals surface area contributed by atoms with Gasteiger partial charge in [-0.1, -0.05) is 19.1 Å². The molecule has 2 rings (SSSR count). The Hall–Kier alpha value is -2.14. The van der Waals surface area contributed by atoms with Gasteiger partial charge < -0.3 is 11.1 Å². The zero-order chi connectivity index (χ0) is 13.0. The van der Waals surface area contributed by atoms with E-state index in [-0.39, 0.29) is 11.8 Å². The van der Waals surface area contributed by atoms with Crippen molar-refractivity contribution in [2.45, 2.75) is 6.92 Å². The third-order valence-electron chi connectivity index (χ3n) is 2.76. The van der Waals surface area contributed by atoms with Gasteiger partial charge in [0.2, 0.25) is 5.91 Å². The molecule has 4 N–H and O–H groups in total. The summed E-state index contributed by atoms with van der Waals surface area (Å²) in [4.78, 5) is 11.7.